The highest BCUT2D eigenvalue weighted by Crippen LogP contribution is 2.60. The summed E-state index contributed by atoms with van der Waals surface area (Å²) in [5.74, 6) is 0.0643. The number of amides is 3. The smallest absolute Gasteiger partial charge is 0.264 e. The number of fused-ring (bicyclic) bond motifs is 2. The van der Waals surface area contributed by atoms with E-state index < -0.39 is 19.8 Å². The molecule has 5 aromatic carbocycles. The maximum Gasteiger partial charge on any atom is 0.264 e. The Hall–Kier alpha value is -5.40. The van der Waals surface area contributed by atoms with Gasteiger partial charge in [-0.3, -0.25) is 14.4 Å². The van der Waals surface area contributed by atoms with Crippen molar-refractivity contribution >= 4 is 64.0 Å². The number of carbonyl (C=O) groups excluding carboxylic acids is 3. The summed E-state index contributed by atoms with van der Waals surface area (Å²) in [6.45, 7) is 7.34. The van der Waals surface area contributed by atoms with Crippen molar-refractivity contribution in [2.24, 2.45) is 11.0 Å². The number of halogens is 1. The van der Waals surface area contributed by atoms with Crippen LogP contribution in [0.2, 0.25) is 18.6 Å². The number of aliphatic hydroxyl groups is 1. The monoisotopic (exact) mass is 898 g/mol. The molecule has 0 radical (unpaired) electrons. The molecular formula is C49H51BrN4O6Si. The van der Waals surface area contributed by atoms with Crippen LogP contribution in [-0.4, -0.2) is 67.9 Å². The molecule has 1 spiro atoms. The quantitative estimate of drug-likeness (QED) is 0.120. The number of rotatable bonds is 13. The summed E-state index contributed by atoms with van der Waals surface area (Å²) in [5, 5.41) is 17.5. The van der Waals surface area contributed by atoms with E-state index >= 15 is 4.79 Å². The molecule has 0 bridgehead atoms. The first-order valence-electron chi connectivity index (χ1n) is 20.9. The predicted molar refractivity (Wildman–Crippen MR) is 245 cm³/mol. The fraction of sp³-hybridized carbons (Fsp3) is 0.306. The highest BCUT2D eigenvalue weighted by Gasteiger charge is 2.66. The third-order valence-corrected chi connectivity index (χ3v) is 17.6. The number of hydrazone groups is 1. The number of nitrogens with zero attached hydrogens (tertiary/aromatic N) is 4. The van der Waals surface area contributed by atoms with Gasteiger partial charge in [-0.05, 0) is 64.7 Å². The second kappa shape index (κ2) is 17.5. The Morgan fingerprint density at radius 3 is 2.28 bits per heavy atom. The summed E-state index contributed by atoms with van der Waals surface area (Å²) in [6.07, 6.45) is 0.401. The number of aliphatic hydroxyl groups excluding tert-OH is 1. The zero-order valence-corrected chi connectivity index (χ0v) is 37.5. The Morgan fingerprint density at radius 2 is 1.61 bits per heavy atom. The lowest BCUT2D eigenvalue weighted by Crippen LogP contribution is -2.52. The molecule has 0 aliphatic carbocycles. The van der Waals surface area contributed by atoms with Gasteiger partial charge < -0.3 is 24.4 Å². The fourth-order valence-electron chi connectivity index (χ4n) is 9.68. The molecule has 3 aliphatic rings. The van der Waals surface area contributed by atoms with Gasteiger partial charge in [0.05, 0.1) is 57.9 Å². The molecule has 1 fully saturated rings. The van der Waals surface area contributed by atoms with Crippen molar-refractivity contribution in [1.82, 2.24) is 4.90 Å². The van der Waals surface area contributed by atoms with E-state index in [0.29, 0.717) is 25.1 Å². The highest BCUT2D eigenvalue weighted by molar-refractivity contribution is 9.10. The van der Waals surface area contributed by atoms with Gasteiger partial charge in [0.25, 0.3) is 5.91 Å². The van der Waals surface area contributed by atoms with Crippen LogP contribution in [-0.2, 0) is 37.8 Å². The van der Waals surface area contributed by atoms with Crippen molar-refractivity contribution in [2.75, 3.05) is 30.2 Å². The van der Waals surface area contributed by atoms with Crippen LogP contribution in [0.1, 0.15) is 48.4 Å². The van der Waals surface area contributed by atoms with E-state index in [0.717, 1.165) is 43.9 Å². The Balaban J connectivity index is 1.13. The molecule has 0 saturated carbocycles. The SMILES string of the molecule is COc1ccc([Si](C)(C)[C@H]2[C@H](CC(=O)N(CCO)Cc3ccccc3)O[C@@]3(C(=O)N(Cc4ccc(N5N=C(c6ccccc6)CCC5=O)cc4)c4ccc(Br)cc43)[C@@H]2C)cc1. The third-order valence-electron chi connectivity index (χ3n) is 12.8. The molecule has 0 unspecified atom stereocenters. The molecule has 3 aliphatic heterocycles. The van der Waals surface area contributed by atoms with Crippen molar-refractivity contribution in [3.05, 3.63) is 154 Å². The molecule has 5 aromatic rings. The minimum absolute atomic E-state index is 0.0535. The summed E-state index contributed by atoms with van der Waals surface area (Å²) in [6, 6.07) is 41.4. The summed E-state index contributed by atoms with van der Waals surface area (Å²) in [5.41, 5.74) is 4.36. The molecule has 12 heteroatoms. The lowest BCUT2D eigenvalue weighted by Gasteiger charge is -2.37. The summed E-state index contributed by atoms with van der Waals surface area (Å²) < 4.78 is 13.6. The first kappa shape index (κ1) is 42.3. The minimum atomic E-state index is -2.54. The second-order valence-corrected chi connectivity index (χ2v) is 22.3. The van der Waals surface area contributed by atoms with E-state index in [9.17, 15) is 14.7 Å². The Labute approximate surface area is 366 Å². The van der Waals surface area contributed by atoms with E-state index in [1.54, 1.807) is 12.0 Å². The van der Waals surface area contributed by atoms with Crippen LogP contribution in [0.15, 0.2) is 137 Å². The largest absolute Gasteiger partial charge is 0.497 e. The molecule has 0 aromatic heterocycles. The standard InChI is InChI=1S/C49H51BrN4O6Si/c1-33-47(61(3,4)40-22-20-39(59-2)21-23-40)44(30-46(57)52(27-28-55)31-34-11-7-5-8-12-34)60-49(33)41-29-37(50)17-25-43(41)53(48(49)58)32-35-15-18-38(19-16-35)54-45(56)26-24-42(51-54)36-13-9-6-10-14-36/h5-23,25,29,33,44,47,55H,24,26-28,30-32H2,1-4H3/t33-,44+,47-,49+/m1/s1. The molecule has 3 amide bonds. The Kier molecular flexibility index (Phi) is 12.2. The van der Waals surface area contributed by atoms with Crippen LogP contribution < -0.4 is 19.8 Å². The van der Waals surface area contributed by atoms with Crippen LogP contribution in [0.4, 0.5) is 11.4 Å². The summed E-state index contributed by atoms with van der Waals surface area (Å²) >= 11 is 3.70. The molecular weight excluding hydrogens is 849 g/mol. The Bertz CT molecular complexity index is 2430. The molecule has 4 atom stereocenters. The molecule has 314 valence electrons. The van der Waals surface area contributed by atoms with Crippen molar-refractivity contribution in [3.63, 3.8) is 0 Å². The van der Waals surface area contributed by atoms with Crippen LogP contribution >= 0.6 is 15.9 Å². The number of anilines is 2. The van der Waals surface area contributed by atoms with Gasteiger partial charge in [-0.25, -0.2) is 5.01 Å². The van der Waals surface area contributed by atoms with Gasteiger partial charge in [0.15, 0.2) is 5.60 Å². The number of methoxy groups -OCH3 is 1. The number of hydrogen-bond donors (Lipinski definition) is 1. The Morgan fingerprint density at radius 1 is 0.918 bits per heavy atom. The molecule has 3 heterocycles. The van der Waals surface area contributed by atoms with Crippen molar-refractivity contribution < 1.29 is 29.0 Å². The highest BCUT2D eigenvalue weighted by atomic mass is 79.9. The van der Waals surface area contributed by atoms with E-state index in [1.807, 2.05) is 120 Å². The fourth-order valence-corrected chi connectivity index (χ4v) is 14.0. The van der Waals surface area contributed by atoms with Crippen molar-refractivity contribution in [1.29, 1.82) is 0 Å². The number of ether oxygens (including phenoxy) is 2. The molecule has 8 rings (SSSR count). The van der Waals surface area contributed by atoms with Crippen LogP contribution in [0.5, 0.6) is 5.75 Å². The van der Waals surface area contributed by atoms with Gasteiger partial charge in [-0.2, -0.15) is 5.10 Å². The van der Waals surface area contributed by atoms with Gasteiger partial charge in [-0.15, -0.1) is 0 Å². The minimum Gasteiger partial charge on any atom is -0.497 e. The third kappa shape index (κ3) is 8.09. The normalized spacial score (nSPS) is 21.1. The average Bonchev–Trinajstić information content (AvgIpc) is 3.70. The molecule has 10 nitrogen and oxygen atoms in total. The topological polar surface area (TPSA) is 112 Å². The molecule has 1 N–H and O–H groups in total. The van der Waals surface area contributed by atoms with Gasteiger partial charge in [0.2, 0.25) is 11.8 Å². The van der Waals surface area contributed by atoms with Crippen molar-refractivity contribution in [3.8, 4) is 5.75 Å². The van der Waals surface area contributed by atoms with Crippen LogP contribution in [0.25, 0.3) is 0 Å². The lowest BCUT2D eigenvalue weighted by molar-refractivity contribution is -0.150. The van der Waals surface area contributed by atoms with Crippen molar-refractivity contribution in [2.45, 2.75) is 69.6 Å². The van der Waals surface area contributed by atoms with Gasteiger partial charge in [0, 0.05) is 41.9 Å². The number of benzene rings is 5. The second-order valence-electron chi connectivity index (χ2n) is 16.7. The zero-order chi connectivity index (χ0) is 42.9. The van der Waals surface area contributed by atoms with Gasteiger partial charge in [0.1, 0.15) is 5.75 Å². The van der Waals surface area contributed by atoms with Gasteiger partial charge >= 0.3 is 0 Å². The van der Waals surface area contributed by atoms with E-state index in [1.165, 1.54) is 10.2 Å². The van der Waals surface area contributed by atoms with Crippen LogP contribution in [0.3, 0.4) is 0 Å². The lowest BCUT2D eigenvalue weighted by atomic mass is 9.82. The first-order valence-corrected chi connectivity index (χ1v) is 24.7. The maximum atomic E-state index is 15.4. The summed E-state index contributed by atoms with van der Waals surface area (Å²) in [7, 11) is -0.888. The maximum absolute atomic E-state index is 15.4. The first-order chi connectivity index (χ1) is 29.4. The predicted octanol–water partition coefficient (Wildman–Crippen LogP) is 8.16. The molecule has 61 heavy (non-hydrogen) atoms. The van der Waals surface area contributed by atoms with E-state index in [4.69, 9.17) is 14.6 Å². The zero-order valence-electron chi connectivity index (χ0n) is 35.0. The van der Waals surface area contributed by atoms with Gasteiger partial charge in [-0.1, -0.05) is 126 Å². The van der Waals surface area contributed by atoms with E-state index in [2.05, 4.69) is 48.1 Å². The number of carbonyl (C=O) groups is 3. The molecule has 1 saturated heterocycles. The van der Waals surface area contributed by atoms with Crippen LogP contribution in [0, 0.1) is 5.92 Å². The average molecular weight is 900 g/mol. The number of hydrogen-bond acceptors (Lipinski definition) is 7. The summed E-state index contributed by atoms with van der Waals surface area (Å²) in [4.78, 5) is 46.4. The van der Waals surface area contributed by atoms with E-state index in [-0.39, 0.29) is 55.3 Å².